The van der Waals surface area contributed by atoms with Crippen molar-refractivity contribution in [2.24, 2.45) is 16.8 Å². The van der Waals surface area contributed by atoms with Crippen molar-refractivity contribution < 1.29 is 18.4 Å². The fourth-order valence-corrected chi connectivity index (χ4v) is 1.69. The van der Waals surface area contributed by atoms with Crippen LogP contribution in [0.25, 0.3) is 0 Å². The molecule has 0 saturated carbocycles. The van der Waals surface area contributed by atoms with E-state index in [0.717, 1.165) is 19.5 Å². The minimum atomic E-state index is -4.52. The maximum Gasteiger partial charge on any atom is 0.400 e. The third-order valence-electron chi connectivity index (χ3n) is 2.81. The first-order valence-electron chi connectivity index (χ1n) is 6.33. The maximum atomic E-state index is 12.6. The van der Waals surface area contributed by atoms with Crippen LogP contribution < -0.4 is 11.1 Å². The van der Waals surface area contributed by atoms with E-state index in [1.54, 1.807) is 0 Å². The summed E-state index contributed by atoms with van der Waals surface area (Å²) in [5.41, 5.74) is 5.05. The molecule has 0 aliphatic carbocycles. The van der Waals surface area contributed by atoms with Gasteiger partial charge in [-0.3, -0.25) is 0 Å². The van der Waals surface area contributed by atoms with Gasteiger partial charge in [-0.1, -0.05) is 19.0 Å². The number of amidine groups is 1. The van der Waals surface area contributed by atoms with Crippen LogP contribution in [0.4, 0.5) is 13.2 Å². The van der Waals surface area contributed by atoms with Gasteiger partial charge in [0, 0.05) is 19.6 Å². The van der Waals surface area contributed by atoms with Gasteiger partial charge in [0.05, 0.1) is 0 Å². The van der Waals surface area contributed by atoms with E-state index in [-0.39, 0.29) is 6.54 Å². The molecule has 0 spiro atoms. The van der Waals surface area contributed by atoms with Gasteiger partial charge in [-0.25, -0.2) is 0 Å². The summed E-state index contributed by atoms with van der Waals surface area (Å²) in [6, 6.07) is 0. The van der Waals surface area contributed by atoms with Crippen LogP contribution in [0, 0.1) is 5.92 Å². The van der Waals surface area contributed by atoms with Gasteiger partial charge in [0.25, 0.3) is 0 Å². The molecule has 114 valence electrons. The number of likely N-dealkylation sites (N-methyl/N-ethyl adjacent to an activating group) is 1. The highest BCUT2D eigenvalue weighted by atomic mass is 19.4. The minimum Gasteiger partial charge on any atom is -0.409 e. The molecule has 5 nitrogen and oxygen atoms in total. The Labute approximate surface area is 111 Å². The van der Waals surface area contributed by atoms with Gasteiger partial charge in [-0.15, -0.1) is 0 Å². The Kier molecular flexibility index (Phi) is 8.49. The van der Waals surface area contributed by atoms with Crippen LogP contribution in [-0.2, 0) is 0 Å². The van der Waals surface area contributed by atoms with Crippen molar-refractivity contribution in [2.75, 3.05) is 32.7 Å². The lowest BCUT2D eigenvalue weighted by Crippen LogP contribution is -2.44. The molecule has 0 aliphatic heterocycles. The SMILES string of the molecule is CCCN(CC)CCNCC(C(N)=NO)C(F)(F)F. The number of nitrogens with one attached hydrogen (secondary N) is 1. The van der Waals surface area contributed by atoms with Crippen LogP contribution in [0.15, 0.2) is 5.16 Å². The first-order chi connectivity index (χ1) is 8.86. The number of rotatable bonds is 9. The number of hydrogen-bond acceptors (Lipinski definition) is 4. The van der Waals surface area contributed by atoms with Crippen LogP contribution >= 0.6 is 0 Å². The average molecular weight is 284 g/mol. The minimum absolute atomic E-state index is 0.386. The predicted octanol–water partition coefficient (Wildman–Crippen LogP) is 1.23. The Morgan fingerprint density at radius 2 is 2.00 bits per heavy atom. The summed E-state index contributed by atoms with van der Waals surface area (Å²) < 4.78 is 37.8. The number of hydrogen-bond donors (Lipinski definition) is 3. The molecular formula is C11H23F3N4O. The van der Waals surface area contributed by atoms with Gasteiger partial charge >= 0.3 is 6.18 Å². The van der Waals surface area contributed by atoms with E-state index in [1.807, 2.05) is 13.8 Å². The van der Waals surface area contributed by atoms with Gasteiger partial charge < -0.3 is 21.2 Å². The molecule has 0 aromatic rings. The van der Waals surface area contributed by atoms with Crippen LogP contribution in [0.1, 0.15) is 20.3 Å². The molecule has 4 N–H and O–H groups in total. The van der Waals surface area contributed by atoms with E-state index in [9.17, 15) is 13.2 Å². The second-order valence-corrected chi connectivity index (χ2v) is 4.26. The number of nitrogens with two attached hydrogens (primary N) is 1. The molecule has 0 amide bonds. The zero-order chi connectivity index (χ0) is 14.9. The Morgan fingerprint density at radius 3 is 2.42 bits per heavy atom. The molecule has 0 radical (unpaired) electrons. The van der Waals surface area contributed by atoms with Crippen LogP contribution in [-0.4, -0.2) is 54.8 Å². The lowest BCUT2D eigenvalue weighted by atomic mass is 10.1. The van der Waals surface area contributed by atoms with Crippen LogP contribution in [0.5, 0.6) is 0 Å². The summed E-state index contributed by atoms with van der Waals surface area (Å²) in [4.78, 5) is 2.14. The molecule has 0 rings (SSSR count). The molecule has 1 atom stereocenters. The Balaban J connectivity index is 4.14. The normalized spacial score (nSPS) is 14.9. The first kappa shape index (κ1) is 18.0. The fourth-order valence-electron chi connectivity index (χ4n) is 1.69. The summed E-state index contributed by atoms with van der Waals surface area (Å²) in [6.45, 7) is 6.55. The van der Waals surface area contributed by atoms with Crippen molar-refractivity contribution in [3.63, 3.8) is 0 Å². The number of alkyl halides is 3. The molecule has 1 unspecified atom stereocenters. The third-order valence-corrected chi connectivity index (χ3v) is 2.81. The summed E-state index contributed by atoms with van der Waals surface area (Å²) >= 11 is 0. The third kappa shape index (κ3) is 7.22. The summed E-state index contributed by atoms with van der Waals surface area (Å²) in [5.74, 6) is -2.78. The zero-order valence-corrected chi connectivity index (χ0v) is 11.4. The van der Waals surface area contributed by atoms with Crippen molar-refractivity contribution in [3.8, 4) is 0 Å². The fraction of sp³-hybridized carbons (Fsp3) is 0.909. The van der Waals surface area contributed by atoms with Gasteiger partial charge in [0.1, 0.15) is 5.92 Å². The Morgan fingerprint density at radius 1 is 1.37 bits per heavy atom. The van der Waals surface area contributed by atoms with Crippen molar-refractivity contribution in [2.45, 2.75) is 26.4 Å². The van der Waals surface area contributed by atoms with Crippen molar-refractivity contribution >= 4 is 5.84 Å². The van der Waals surface area contributed by atoms with Crippen LogP contribution in [0.3, 0.4) is 0 Å². The number of nitrogens with zero attached hydrogens (tertiary/aromatic N) is 2. The second kappa shape index (κ2) is 8.98. The zero-order valence-electron chi connectivity index (χ0n) is 11.4. The van der Waals surface area contributed by atoms with Crippen molar-refractivity contribution in [1.82, 2.24) is 10.2 Å². The Bertz CT molecular complexity index is 271. The van der Waals surface area contributed by atoms with Crippen LogP contribution in [0.2, 0.25) is 0 Å². The monoisotopic (exact) mass is 284 g/mol. The van der Waals surface area contributed by atoms with Gasteiger partial charge in [0.2, 0.25) is 0 Å². The van der Waals surface area contributed by atoms with Crippen molar-refractivity contribution in [3.05, 3.63) is 0 Å². The predicted molar refractivity (Wildman–Crippen MR) is 68.2 cm³/mol. The number of oxime groups is 1. The standard InChI is InChI=1S/C11H23F3N4O/c1-3-6-18(4-2)7-5-16-8-9(10(15)17-19)11(12,13)14/h9,16,19H,3-8H2,1-2H3,(H2,15,17). The first-order valence-corrected chi connectivity index (χ1v) is 6.33. The van der Waals surface area contributed by atoms with Crippen molar-refractivity contribution in [1.29, 1.82) is 0 Å². The largest absolute Gasteiger partial charge is 0.409 e. The molecule has 0 bridgehead atoms. The summed E-state index contributed by atoms with van der Waals surface area (Å²) in [7, 11) is 0. The van der Waals surface area contributed by atoms with Gasteiger partial charge in [-0.05, 0) is 19.5 Å². The highest BCUT2D eigenvalue weighted by Crippen LogP contribution is 2.25. The topological polar surface area (TPSA) is 73.9 Å². The van der Waals surface area contributed by atoms with E-state index in [2.05, 4.69) is 15.4 Å². The van der Waals surface area contributed by atoms with E-state index in [0.29, 0.717) is 13.1 Å². The quantitative estimate of drug-likeness (QED) is 0.196. The highest BCUT2D eigenvalue weighted by Gasteiger charge is 2.42. The summed E-state index contributed by atoms with van der Waals surface area (Å²) in [6.07, 6.45) is -3.51. The van der Waals surface area contributed by atoms with E-state index >= 15 is 0 Å². The lowest BCUT2D eigenvalue weighted by Gasteiger charge is -2.22. The smallest absolute Gasteiger partial charge is 0.400 e. The molecule has 0 saturated heterocycles. The molecular weight excluding hydrogens is 261 g/mol. The second-order valence-electron chi connectivity index (χ2n) is 4.26. The van der Waals surface area contributed by atoms with Gasteiger partial charge in [-0.2, -0.15) is 13.2 Å². The number of halogens is 3. The lowest BCUT2D eigenvalue weighted by molar-refractivity contribution is -0.154. The van der Waals surface area contributed by atoms with Gasteiger partial charge in [0.15, 0.2) is 5.84 Å². The highest BCUT2D eigenvalue weighted by molar-refractivity contribution is 5.83. The molecule has 0 aliphatic rings. The van der Waals surface area contributed by atoms with E-state index in [1.165, 1.54) is 0 Å². The average Bonchev–Trinajstić information content (AvgIpc) is 2.34. The molecule has 0 aromatic carbocycles. The molecule has 0 fully saturated rings. The molecule has 8 heteroatoms. The maximum absolute atomic E-state index is 12.6. The molecule has 0 heterocycles. The molecule has 19 heavy (non-hydrogen) atoms. The summed E-state index contributed by atoms with van der Waals surface area (Å²) in [5, 5.41) is 13.5. The molecule has 0 aromatic heterocycles. The van der Waals surface area contributed by atoms with E-state index in [4.69, 9.17) is 10.9 Å². The van der Waals surface area contributed by atoms with E-state index < -0.39 is 17.9 Å². The Hall–Kier alpha value is -1.02.